The number of fused-ring (bicyclic) bond motifs is 1. The number of amides is 1. The van der Waals surface area contributed by atoms with Gasteiger partial charge in [0.1, 0.15) is 0 Å². The number of carbonyl (C=O) groups excluding carboxylic acids is 1. The number of nitrogens with zero attached hydrogens (tertiary/aromatic N) is 4. The zero-order valence-electron chi connectivity index (χ0n) is 28.8. The highest BCUT2D eigenvalue weighted by atomic mass is 35.5. The lowest BCUT2D eigenvalue weighted by Crippen LogP contribution is -2.35. The fraction of sp³-hybridized carbons (Fsp3) is 0.342. The molecule has 1 atom stereocenters. The van der Waals surface area contributed by atoms with Crippen LogP contribution in [0.15, 0.2) is 61.1 Å². The van der Waals surface area contributed by atoms with Gasteiger partial charge in [0.05, 0.1) is 46.8 Å². The normalized spacial score (nSPS) is 16.2. The first kappa shape index (κ1) is 35.6. The van der Waals surface area contributed by atoms with Crippen molar-refractivity contribution in [1.29, 1.82) is 0 Å². The van der Waals surface area contributed by atoms with Crippen molar-refractivity contribution in [3.63, 3.8) is 0 Å². The summed E-state index contributed by atoms with van der Waals surface area (Å²) in [4.78, 5) is 37.2. The van der Waals surface area contributed by atoms with Crippen molar-refractivity contribution in [1.82, 2.24) is 35.3 Å². The Morgan fingerprint density at radius 3 is 2.56 bits per heavy atom. The zero-order chi connectivity index (χ0) is 36.4. The number of benzene rings is 1. The second-order valence-corrected chi connectivity index (χ2v) is 14.0. The number of carboxylic acids is 1. The van der Waals surface area contributed by atoms with Crippen LogP contribution < -0.4 is 25.4 Å². The average Bonchev–Trinajstić information content (AvgIpc) is 3.66. The van der Waals surface area contributed by atoms with Crippen molar-refractivity contribution >= 4 is 40.7 Å². The lowest BCUT2D eigenvalue weighted by molar-refractivity contribution is -0.143. The van der Waals surface area contributed by atoms with Gasteiger partial charge in [-0.2, -0.15) is 0 Å². The van der Waals surface area contributed by atoms with Crippen LogP contribution in [0.25, 0.3) is 39.3 Å². The molecule has 270 valence electrons. The maximum atomic E-state index is 11.5. The Morgan fingerprint density at radius 2 is 1.83 bits per heavy atom. The van der Waals surface area contributed by atoms with Gasteiger partial charge in [0.2, 0.25) is 11.8 Å². The molecule has 1 aliphatic carbocycles. The minimum atomic E-state index is -0.716. The van der Waals surface area contributed by atoms with Crippen LogP contribution in [0, 0.1) is 5.41 Å². The van der Waals surface area contributed by atoms with Crippen molar-refractivity contribution in [3.8, 4) is 45.3 Å². The highest BCUT2D eigenvalue weighted by Crippen LogP contribution is 2.48. The number of carbonyl (C=O) groups is 2. The van der Waals surface area contributed by atoms with Gasteiger partial charge in [0, 0.05) is 78.5 Å². The summed E-state index contributed by atoms with van der Waals surface area (Å²) < 4.78 is 13.3. The summed E-state index contributed by atoms with van der Waals surface area (Å²) in [6.45, 7) is 2.28. The van der Waals surface area contributed by atoms with Crippen LogP contribution in [0.2, 0.25) is 10.0 Å². The van der Waals surface area contributed by atoms with Crippen molar-refractivity contribution in [2.45, 2.75) is 51.2 Å². The summed E-state index contributed by atoms with van der Waals surface area (Å²) in [5.41, 5.74) is 5.82. The van der Waals surface area contributed by atoms with E-state index < -0.39 is 11.4 Å². The quantitative estimate of drug-likeness (QED) is 0.0918. The van der Waals surface area contributed by atoms with Gasteiger partial charge in [-0.15, -0.1) is 0 Å². The van der Waals surface area contributed by atoms with Crippen molar-refractivity contribution in [2.24, 2.45) is 5.41 Å². The van der Waals surface area contributed by atoms with Gasteiger partial charge in [-0.25, -0.2) is 9.97 Å². The minimum absolute atomic E-state index is 0.0907. The molecule has 52 heavy (non-hydrogen) atoms. The van der Waals surface area contributed by atoms with E-state index in [1.807, 2.05) is 59.3 Å². The predicted molar refractivity (Wildman–Crippen MR) is 199 cm³/mol. The molecule has 5 heterocycles. The Kier molecular flexibility index (Phi) is 10.3. The van der Waals surface area contributed by atoms with Gasteiger partial charge in [0.25, 0.3) is 0 Å². The van der Waals surface area contributed by atoms with Gasteiger partial charge in [-0.1, -0.05) is 47.5 Å². The van der Waals surface area contributed by atoms with Gasteiger partial charge >= 0.3 is 5.97 Å². The Labute approximate surface area is 310 Å². The molecule has 4 aromatic heterocycles. The van der Waals surface area contributed by atoms with Gasteiger partial charge in [-0.3, -0.25) is 14.6 Å². The van der Waals surface area contributed by atoms with Crippen LogP contribution in [-0.4, -0.2) is 69.7 Å². The molecule has 1 saturated heterocycles. The molecule has 7 rings (SSSR count). The molecular weight excluding hydrogens is 705 g/mol. The lowest BCUT2D eigenvalue weighted by atomic mass is 10.00. The van der Waals surface area contributed by atoms with Gasteiger partial charge < -0.3 is 34.9 Å². The first-order chi connectivity index (χ1) is 25.2. The molecule has 0 radical (unpaired) electrons. The van der Waals surface area contributed by atoms with Crippen LogP contribution in [-0.2, 0) is 22.7 Å². The van der Waals surface area contributed by atoms with Crippen molar-refractivity contribution in [2.75, 3.05) is 27.3 Å². The summed E-state index contributed by atoms with van der Waals surface area (Å²) in [5, 5.41) is 20.0. The summed E-state index contributed by atoms with van der Waals surface area (Å²) in [7, 11) is 3.18. The molecule has 2 aliphatic rings. The SMILES string of the molecule is COc1nc(-c2cccc(-c3ccnc(-c4cc(OC)c5nc(CNCCC6(C(=O)O)CC6)cn5c4)c3Cl)c2Cl)ccc1CNC[C@H]1CCC(=O)N1. The Balaban J connectivity index is 1.11. The maximum absolute atomic E-state index is 11.5. The summed E-state index contributed by atoms with van der Waals surface area (Å²) in [6.07, 6.45) is 8.96. The van der Waals surface area contributed by atoms with Crippen molar-refractivity contribution in [3.05, 3.63) is 82.4 Å². The zero-order valence-corrected chi connectivity index (χ0v) is 30.4. The maximum Gasteiger partial charge on any atom is 0.309 e. The number of pyridine rings is 3. The van der Waals surface area contributed by atoms with E-state index in [4.69, 9.17) is 42.6 Å². The third kappa shape index (κ3) is 7.29. The van der Waals surface area contributed by atoms with E-state index in [2.05, 4.69) is 20.9 Å². The first-order valence-electron chi connectivity index (χ1n) is 17.2. The lowest BCUT2D eigenvalue weighted by Gasteiger charge is -2.15. The smallest absolute Gasteiger partial charge is 0.309 e. The molecule has 14 heteroatoms. The molecule has 1 aromatic carbocycles. The fourth-order valence-electron chi connectivity index (χ4n) is 6.68. The van der Waals surface area contributed by atoms with E-state index >= 15 is 0 Å². The number of halogens is 2. The number of carboxylic acid groups (broad SMARTS) is 1. The summed E-state index contributed by atoms with van der Waals surface area (Å²) in [6, 6.07) is 13.4. The topological polar surface area (TPSA) is 152 Å². The highest BCUT2D eigenvalue weighted by molar-refractivity contribution is 6.39. The number of hydrogen-bond donors (Lipinski definition) is 4. The third-order valence-electron chi connectivity index (χ3n) is 9.83. The molecule has 4 N–H and O–H groups in total. The predicted octanol–water partition coefficient (Wildman–Crippen LogP) is 6.16. The molecule has 0 unspecified atom stereocenters. The number of rotatable bonds is 15. The number of ether oxygens (including phenoxy) is 2. The molecule has 1 saturated carbocycles. The van der Waals surface area contributed by atoms with E-state index in [1.165, 1.54) is 0 Å². The van der Waals surface area contributed by atoms with Crippen LogP contribution in [0.4, 0.5) is 0 Å². The second kappa shape index (κ2) is 15.1. The number of methoxy groups -OCH3 is 2. The monoisotopic (exact) mass is 743 g/mol. The molecular formula is C38H39Cl2N7O5. The number of aromatic nitrogens is 4. The number of hydrogen-bond acceptors (Lipinski definition) is 9. The number of aliphatic carboxylic acids is 1. The Morgan fingerprint density at radius 1 is 1.02 bits per heavy atom. The number of imidazole rings is 1. The highest BCUT2D eigenvalue weighted by Gasteiger charge is 2.49. The van der Waals surface area contributed by atoms with Gasteiger partial charge in [-0.05, 0) is 50.4 Å². The van der Waals surface area contributed by atoms with E-state index in [0.717, 1.165) is 47.2 Å². The molecule has 0 bridgehead atoms. The van der Waals surface area contributed by atoms with E-state index in [-0.39, 0.29) is 11.9 Å². The van der Waals surface area contributed by atoms with E-state index in [0.29, 0.717) is 83.3 Å². The average molecular weight is 745 g/mol. The first-order valence-corrected chi connectivity index (χ1v) is 17.9. The largest absolute Gasteiger partial charge is 0.493 e. The van der Waals surface area contributed by atoms with Crippen LogP contribution in [0.5, 0.6) is 11.6 Å². The van der Waals surface area contributed by atoms with E-state index in [1.54, 1.807) is 20.4 Å². The Bertz CT molecular complexity index is 2150. The van der Waals surface area contributed by atoms with Crippen LogP contribution in [0.1, 0.15) is 43.4 Å². The molecule has 1 aliphatic heterocycles. The molecule has 1 amide bonds. The molecule has 0 spiro atoms. The van der Waals surface area contributed by atoms with Crippen LogP contribution in [0.3, 0.4) is 0 Å². The number of nitrogens with one attached hydrogen (secondary N) is 3. The molecule has 12 nitrogen and oxygen atoms in total. The third-order valence-corrected chi connectivity index (χ3v) is 10.6. The standard InChI is InChI=1S/C38H39Cl2N7O5/c1-51-30-16-23(20-47-21-25(45-35(30)47)19-41-15-13-38(11-12-38)37(49)50)34-33(40)27(10-14-43-34)26-4-3-5-28(32(26)39)29-8-6-22(36(46-29)52-2)17-42-18-24-7-9-31(48)44-24/h3-6,8,10,14,16,20-21,24,41-42H,7,9,11-13,15,17-19H2,1-2H3,(H,44,48)(H,49,50)/t24-/m1/s1. The molecule has 2 fully saturated rings. The van der Waals surface area contributed by atoms with E-state index in [9.17, 15) is 14.7 Å². The summed E-state index contributed by atoms with van der Waals surface area (Å²) in [5.74, 6) is 0.414. The van der Waals surface area contributed by atoms with Crippen LogP contribution >= 0.6 is 23.2 Å². The van der Waals surface area contributed by atoms with Gasteiger partial charge in [0.15, 0.2) is 11.4 Å². The minimum Gasteiger partial charge on any atom is -0.493 e. The van der Waals surface area contributed by atoms with Crippen molar-refractivity contribution < 1.29 is 24.2 Å². The summed E-state index contributed by atoms with van der Waals surface area (Å²) >= 11 is 14.2. The fourth-order valence-corrected chi connectivity index (χ4v) is 7.33. The Hall–Kier alpha value is -4.75. The second-order valence-electron chi connectivity index (χ2n) is 13.3. The molecule has 5 aromatic rings.